The van der Waals surface area contributed by atoms with Gasteiger partial charge >= 0.3 is 0 Å². The van der Waals surface area contributed by atoms with Gasteiger partial charge in [0, 0.05) is 31.8 Å². The van der Waals surface area contributed by atoms with Crippen LogP contribution in [-0.2, 0) is 11.3 Å². The van der Waals surface area contributed by atoms with Crippen LogP contribution in [0.2, 0.25) is 0 Å². The minimum atomic E-state index is 0. The van der Waals surface area contributed by atoms with Crippen LogP contribution in [-0.4, -0.2) is 36.7 Å². The molecule has 0 N–H and O–H groups in total. The Morgan fingerprint density at radius 2 is 1.91 bits per heavy atom. The average molecular weight is 357 g/mol. The minimum absolute atomic E-state index is 0. The molecule has 128 valence electrons. The number of nitrogens with zero attached hydrogens (tertiary/aromatic N) is 2. The highest BCUT2D eigenvalue weighted by molar-refractivity contribution is 5.85. The fourth-order valence-electron chi connectivity index (χ4n) is 3.26. The van der Waals surface area contributed by atoms with E-state index in [4.69, 9.17) is 4.74 Å². The van der Waals surface area contributed by atoms with Gasteiger partial charge in [-0.2, -0.15) is 0 Å². The van der Waals surface area contributed by atoms with E-state index in [9.17, 15) is 0 Å². The number of likely N-dealkylation sites (tertiary alicyclic amines) is 1. The van der Waals surface area contributed by atoms with E-state index in [1.807, 2.05) is 12.3 Å². The standard InChI is InChI=1S/C18H24N2O.2ClH/c1-21-13-9-15-7-11-20(12-8-15)14-16-4-2-6-18-17(16)5-3-10-19-18;;/h2-6,10,15H,7-9,11-14H2,1H3;2*1H. The number of fused-ring (bicyclic) bond motifs is 1. The smallest absolute Gasteiger partial charge is 0.0705 e. The molecule has 5 heteroatoms. The van der Waals surface area contributed by atoms with Gasteiger partial charge in [0.25, 0.3) is 0 Å². The fraction of sp³-hybridized carbons (Fsp3) is 0.500. The van der Waals surface area contributed by atoms with Gasteiger partial charge in [0.05, 0.1) is 5.52 Å². The Kier molecular flexibility index (Phi) is 8.85. The number of hydrogen-bond acceptors (Lipinski definition) is 3. The Morgan fingerprint density at radius 3 is 2.65 bits per heavy atom. The maximum absolute atomic E-state index is 5.19. The second-order valence-corrected chi connectivity index (χ2v) is 5.99. The molecule has 3 nitrogen and oxygen atoms in total. The van der Waals surface area contributed by atoms with Crippen molar-refractivity contribution >= 4 is 35.7 Å². The van der Waals surface area contributed by atoms with Crippen molar-refractivity contribution in [2.75, 3.05) is 26.8 Å². The van der Waals surface area contributed by atoms with Crippen molar-refractivity contribution in [2.24, 2.45) is 5.92 Å². The molecule has 0 spiro atoms. The van der Waals surface area contributed by atoms with E-state index in [-0.39, 0.29) is 24.8 Å². The van der Waals surface area contributed by atoms with Crippen molar-refractivity contribution < 1.29 is 4.74 Å². The lowest BCUT2D eigenvalue weighted by atomic mass is 9.93. The number of aromatic nitrogens is 1. The van der Waals surface area contributed by atoms with Crippen LogP contribution in [0.4, 0.5) is 0 Å². The molecule has 1 aromatic carbocycles. The second-order valence-electron chi connectivity index (χ2n) is 5.99. The summed E-state index contributed by atoms with van der Waals surface area (Å²) in [6, 6.07) is 10.7. The molecule has 0 bridgehead atoms. The lowest BCUT2D eigenvalue weighted by molar-refractivity contribution is 0.132. The Bertz CT molecular complexity index is 581. The number of methoxy groups -OCH3 is 1. The van der Waals surface area contributed by atoms with Gasteiger partial charge in [-0.25, -0.2) is 0 Å². The summed E-state index contributed by atoms with van der Waals surface area (Å²) >= 11 is 0. The zero-order chi connectivity index (χ0) is 14.5. The molecule has 2 heterocycles. The number of halogens is 2. The molecule has 1 aromatic heterocycles. The Balaban J connectivity index is 0.00000132. The highest BCUT2D eigenvalue weighted by atomic mass is 35.5. The number of rotatable bonds is 5. The molecule has 0 unspecified atom stereocenters. The third-order valence-corrected chi connectivity index (χ3v) is 4.57. The predicted molar refractivity (Wildman–Crippen MR) is 101 cm³/mol. The van der Waals surface area contributed by atoms with Crippen molar-refractivity contribution in [1.29, 1.82) is 0 Å². The summed E-state index contributed by atoms with van der Waals surface area (Å²) in [5.74, 6) is 0.843. The molecular formula is C18H26Cl2N2O. The maximum Gasteiger partial charge on any atom is 0.0705 e. The topological polar surface area (TPSA) is 25.4 Å². The molecule has 1 fully saturated rings. The van der Waals surface area contributed by atoms with Gasteiger partial charge < -0.3 is 4.74 Å². The quantitative estimate of drug-likeness (QED) is 0.797. The van der Waals surface area contributed by atoms with E-state index >= 15 is 0 Å². The number of pyridine rings is 1. The van der Waals surface area contributed by atoms with E-state index in [2.05, 4.69) is 34.1 Å². The van der Waals surface area contributed by atoms with E-state index in [0.29, 0.717) is 0 Å². The summed E-state index contributed by atoms with van der Waals surface area (Å²) in [7, 11) is 1.80. The minimum Gasteiger partial charge on any atom is -0.385 e. The summed E-state index contributed by atoms with van der Waals surface area (Å²) in [5, 5.41) is 1.29. The van der Waals surface area contributed by atoms with Crippen molar-refractivity contribution in [3.8, 4) is 0 Å². The van der Waals surface area contributed by atoms with Gasteiger partial charge in [0.15, 0.2) is 0 Å². The van der Waals surface area contributed by atoms with Crippen molar-refractivity contribution in [3.63, 3.8) is 0 Å². The van der Waals surface area contributed by atoms with Crippen LogP contribution in [0.25, 0.3) is 10.9 Å². The first kappa shape index (κ1) is 20.2. The number of benzene rings is 1. The zero-order valence-corrected chi connectivity index (χ0v) is 15.2. The molecule has 0 saturated carbocycles. The van der Waals surface area contributed by atoms with Crippen molar-refractivity contribution in [1.82, 2.24) is 9.88 Å². The maximum atomic E-state index is 5.19. The summed E-state index contributed by atoms with van der Waals surface area (Å²) in [6.45, 7) is 4.34. The summed E-state index contributed by atoms with van der Waals surface area (Å²) < 4.78 is 5.19. The van der Waals surface area contributed by atoms with Crippen LogP contribution in [0.15, 0.2) is 36.5 Å². The van der Waals surface area contributed by atoms with E-state index in [0.717, 1.165) is 24.6 Å². The van der Waals surface area contributed by atoms with Gasteiger partial charge in [-0.05, 0) is 56.0 Å². The van der Waals surface area contributed by atoms with Crippen LogP contribution in [0.5, 0.6) is 0 Å². The lowest BCUT2D eigenvalue weighted by Gasteiger charge is -2.32. The summed E-state index contributed by atoms with van der Waals surface area (Å²) in [5.41, 5.74) is 2.50. The first-order valence-electron chi connectivity index (χ1n) is 7.91. The third-order valence-electron chi connectivity index (χ3n) is 4.57. The van der Waals surface area contributed by atoms with E-state index in [1.165, 1.54) is 43.3 Å². The molecule has 1 aliphatic heterocycles. The number of hydrogen-bond donors (Lipinski definition) is 0. The number of piperidine rings is 1. The van der Waals surface area contributed by atoms with E-state index < -0.39 is 0 Å². The van der Waals surface area contributed by atoms with Crippen LogP contribution >= 0.6 is 24.8 Å². The molecule has 0 amide bonds. The van der Waals surface area contributed by atoms with Crippen molar-refractivity contribution in [2.45, 2.75) is 25.8 Å². The number of ether oxygens (including phenoxy) is 1. The second kappa shape index (κ2) is 10.1. The largest absolute Gasteiger partial charge is 0.385 e. The van der Waals surface area contributed by atoms with Crippen LogP contribution in [0, 0.1) is 5.92 Å². The highest BCUT2D eigenvalue weighted by Gasteiger charge is 2.19. The summed E-state index contributed by atoms with van der Waals surface area (Å²) in [6.07, 6.45) is 5.68. The Morgan fingerprint density at radius 1 is 1.13 bits per heavy atom. The highest BCUT2D eigenvalue weighted by Crippen LogP contribution is 2.24. The molecule has 3 rings (SSSR count). The molecule has 1 saturated heterocycles. The monoisotopic (exact) mass is 356 g/mol. The van der Waals surface area contributed by atoms with Crippen LogP contribution in [0.3, 0.4) is 0 Å². The van der Waals surface area contributed by atoms with Crippen LogP contribution < -0.4 is 0 Å². The van der Waals surface area contributed by atoms with E-state index in [1.54, 1.807) is 7.11 Å². The molecule has 0 radical (unpaired) electrons. The Hall–Kier alpha value is -0.870. The van der Waals surface area contributed by atoms with Gasteiger partial charge in [-0.1, -0.05) is 18.2 Å². The fourth-order valence-corrected chi connectivity index (χ4v) is 3.26. The normalized spacial score (nSPS) is 15.9. The third kappa shape index (κ3) is 5.32. The van der Waals surface area contributed by atoms with Gasteiger partial charge in [0.1, 0.15) is 0 Å². The van der Waals surface area contributed by atoms with Gasteiger partial charge in [0.2, 0.25) is 0 Å². The van der Waals surface area contributed by atoms with Crippen molar-refractivity contribution in [3.05, 3.63) is 42.1 Å². The van der Waals surface area contributed by atoms with Gasteiger partial charge in [-0.3, -0.25) is 9.88 Å². The predicted octanol–water partition coefficient (Wildman–Crippen LogP) is 4.33. The van der Waals surface area contributed by atoms with Gasteiger partial charge in [-0.15, -0.1) is 24.8 Å². The molecule has 1 aliphatic rings. The summed E-state index contributed by atoms with van der Waals surface area (Å²) in [4.78, 5) is 7.02. The molecule has 0 atom stereocenters. The average Bonchev–Trinajstić information content (AvgIpc) is 2.55. The molecule has 0 aliphatic carbocycles. The lowest BCUT2D eigenvalue weighted by Crippen LogP contribution is -2.33. The molecule has 23 heavy (non-hydrogen) atoms. The SMILES string of the molecule is COCCC1CCN(Cc2cccc3ncccc23)CC1.Cl.Cl. The molecule has 2 aromatic rings. The first-order chi connectivity index (χ1) is 10.4. The zero-order valence-electron chi connectivity index (χ0n) is 13.6. The first-order valence-corrected chi connectivity index (χ1v) is 7.91. The Labute approximate surface area is 151 Å². The van der Waals surface area contributed by atoms with Crippen LogP contribution in [0.1, 0.15) is 24.8 Å². The molecular weight excluding hydrogens is 331 g/mol.